The van der Waals surface area contributed by atoms with Crippen molar-refractivity contribution in [2.24, 2.45) is 17.6 Å². The topological polar surface area (TPSA) is 134 Å². The maximum absolute atomic E-state index is 12.5. The van der Waals surface area contributed by atoms with Crippen LogP contribution in [0.5, 0.6) is 0 Å². The van der Waals surface area contributed by atoms with E-state index in [1.807, 2.05) is 0 Å². The Morgan fingerprint density at radius 1 is 0.733 bits per heavy atom. The molecule has 0 aromatic rings. The first kappa shape index (κ1) is 42.0. The van der Waals surface area contributed by atoms with Gasteiger partial charge in [0, 0.05) is 19.4 Å². The summed E-state index contributed by atoms with van der Waals surface area (Å²) in [7, 11) is -4.36. The lowest BCUT2D eigenvalue weighted by molar-refractivity contribution is -0.161. The third-order valence-electron chi connectivity index (χ3n) is 8.65. The smallest absolute Gasteiger partial charge is 0.462 e. The van der Waals surface area contributed by atoms with Gasteiger partial charge in [0.25, 0.3) is 0 Å². The molecule has 266 valence electrons. The van der Waals surface area contributed by atoms with E-state index in [0.717, 1.165) is 43.9 Å². The van der Waals surface area contributed by atoms with Crippen LogP contribution in [0.2, 0.25) is 0 Å². The average molecular weight is 662 g/mol. The van der Waals surface area contributed by atoms with Crippen molar-refractivity contribution < 1.29 is 37.6 Å². The van der Waals surface area contributed by atoms with E-state index >= 15 is 0 Å². The Balaban J connectivity index is 2.21. The number of carbonyl (C=O) groups excluding carboxylic acids is 2. The largest absolute Gasteiger partial charge is 0.472 e. The Hall–Kier alpha value is -0.990. The van der Waals surface area contributed by atoms with E-state index in [-0.39, 0.29) is 32.1 Å². The van der Waals surface area contributed by atoms with Crippen LogP contribution in [0.4, 0.5) is 0 Å². The molecule has 0 spiro atoms. The summed E-state index contributed by atoms with van der Waals surface area (Å²) in [5.74, 6) is 0.980. The van der Waals surface area contributed by atoms with Crippen LogP contribution in [0.1, 0.15) is 168 Å². The molecule has 1 aliphatic rings. The first-order chi connectivity index (χ1) is 21.7. The predicted molar refractivity (Wildman–Crippen MR) is 181 cm³/mol. The molecule has 3 N–H and O–H groups in total. The summed E-state index contributed by atoms with van der Waals surface area (Å²) in [4.78, 5) is 34.6. The van der Waals surface area contributed by atoms with Gasteiger partial charge in [-0.15, -0.1) is 0 Å². The Morgan fingerprint density at radius 3 is 1.76 bits per heavy atom. The summed E-state index contributed by atoms with van der Waals surface area (Å²) in [6, 6.07) is 0. The van der Waals surface area contributed by atoms with Gasteiger partial charge in [-0.3, -0.25) is 18.6 Å². The molecule has 1 saturated carbocycles. The zero-order valence-corrected chi connectivity index (χ0v) is 29.8. The van der Waals surface area contributed by atoms with Crippen molar-refractivity contribution in [2.75, 3.05) is 26.4 Å². The molecule has 45 heavy (non-hydrogen) atoms. The number of unbranched alkanes of at least 4 members (excludes halogenated alkanes) is 15. The zero-order chi connectivity index (χ0) is 33.0. The predicted octanol–water partition coefficient (Wildman–Crippen LogP) is 9.18. The van der Waals surface area contributed by atoms with Gasteiger partial charge in [-0.05, 0) is 24.7 Å². The molecule has 0 radical (unpaired) electrons. The normalized spacial score (nSPS) is 15.5. The Kier molecular flexibility index (Phi) is 26.2. The highest BCUT2D eigenvalue weighted by molar-refractivity contribution is 7.47. The van der Waals surface area contributed by atoms with Crippen molar-refractivity contribution in [3.8, 4) is 0 Å². The number of esters is 2. The first-order valence-electron chi connectivity index (χ1n) is 18.4. The maximum atomic E-state index is 12.5. The highest BCUT2D eigenvalue weighted by atomic mass is 31.2. The molecule has 0 saturated heterocycles. The molecule has 0 aromatic carbocycles. The van der Waals surface area contributed by atoms with E-state index in [4.69, 9.17) is 24.3 Å². The van der Waals surface area contributed by atoms with Crippen molar-refractivity contribution in [3.63, 3.8) is 0 Å². The Labute approximate surface area is 275 Å². The van der Waals surface area contributed by atoms with E-state index in [9.17, 15) is 19.0 Å². The molecule has 2 atom stereocenters. The van der Waals surface area contributed by atoms with Gasteiger partial charge in [0.1, 0.15) is 6.61 Å². The fraction of sp³-hybridized carbons (Fsp3) is 0.943. The second-order valence-corrected chi connectivity index (χ2v) is 14.9. The highest BCUT2D eigenvalue weighted by Crippen LogP contribution is 2.43. The molecular formula is C35H68NO8P. The Bertz CT molecular complexity index is 777. The van der Waals surface area contributed by atoms with Crippen molar-refractivity contribution in [1.29, 1.82) is 0 Å². The summed E-state index contributed by atoms with van der Waals surface area (Å²) in [6.45, 7) is 3.80. The molecule has 0 aromatic heterocycles. The molecule has 0 amide bonds. The lowest BCUT2D eigenvalue weighted by Crippen LogP contribution is -2.29. The molecular weight excluding hydrogens is 593 g/mol. The molecule has 1 rings (SSSR count). The summed E-state index contributed by atoms with van der Waals surface area (Å²) < 4.78 is 32.6. The van der Waals surface area contributed by atoms with E-state index in [2.05, 4.69) is 13.8 Å². The van der Waals surface area contributed by atoms with Crippen LogP contribution in [0, 0.1) is 11.8 Å². The van der Waals surface area contributed by atoms with Crippen LogP contribution in [-0.2, 0) is 32.7 Å². The summed E-state index contributed by atoms with van der Waals surface area (Å²) in [6.07, 6.45) is 26.2. The number of hydrogen-bond donors (Lipinski definition) is 2. The van der Waals surface area contributed by atoms with Gasteiger partial charge in [-0.25, -0.2) is 4.57 Å². The van der Waals surface area contributed by atoms with Crippen molar-refractivity contribution >= 4 is 19.8 Å². The van der Waals surface area contributed by atoms with E-state index in [1.54, 1.807) is 0 Å². The van der Waals surface area contributed by atoms with Gasteiger partial charge in [0.15, 0.2) is 6.10 Å². The number of rotatable bonds is 32. The number of phosphoric acid groups is 1. The third kappa shape index (κ3) is 26.7. The van der Waals surface area contributed by atoms with Gasteiger partial charge in [0.2, 0.25) is 0 Å². The van der Waals surface area contributed by atoms with Crippen LogP contribution >= 0.6 is 7.82 Å². The molecule has 0 aliphatic heterocycles. The van der Waals surface area contributed by atoms with Gasteiger partial charge in [-0.2, -0.15) is 0 Å². The standard InChI is InChI=1S/C35H68NO8P/c1-31(2)21-16-12-8-4-3-5-11-15-19-26-35(38)44-33(30-43-45(39,40)42-28-27-36)29-41-34(37)25-18-14-10-7-6-9-13-17-22-32-23-20-24-32/h31-33H,3-30,36H2,1-2H3,(H,39,40)/t33-/m0/s1. The molecule has 10 heteroatoms. The first-order valence-corrected chi connectivity index (χ1v) is 19.9. The van der Waals surface area contributed by atoms with Crippen LogP contribution in [-0.4, -0.2) is 49.3 Å². The second-order valence-electron chi connectivity index (χ2n) is 13.5. The zero-order valence-electron chi connectivity index (χ0n) is 28.9. The van der Waals surface area contributed by atoms with Crippen molar-refractivity contribution in [3.05, 3.63) is 0 Å². The van der Waals surface area contributed by atoms with E-state index in [0.29, 0.717) is 12.8 Å². The summed E-state index contributed by atoms with van der Waals surface area (Å²) in [5, 5.41) is 0. The van der Waals surface area contributed by atoms with Gasteiger partial charge < -0.3 is 20.1 Å². The van der Waals surface area contributed by atoms with Crippen LogP contribution in [0.15, 0.2) is 0 Å². The summed E-state index contributed by atoms with van der Waals surface area (Å²) >= 11 is 0. The van der Waals surface area contributed by atoms with Crippen molar-refractivity contribution in [1.82, 2.24) is 0 Å². The van der Waals surface area contributed by atoms with Crippen LogP contribution in [0.3, 0.4) is 0 Å². The molecule has 9 nitrogen and oxygen atoms in total. The quantitative estimate of drug-likeness (QED) is 0.0411. The Morgan fingerprint density at radius 2 is 1.24 bits per heavy atom. The third-order valence-corrected chi connectivity index (χ3v) is 9.64. The maximum Gasteiger partial charge on any atom is 0.472 e. The van der Waals surface area contributed by atoms with Crippen LogP contribution in [0.25, 0.3) is 0 Å². The number of ether oxygens (including phenoxy) is 2. The van der Waals surface area contributed by atoms with Crippen molar-refractivity contribution in [2.45, 2.75) is 174 Å². The second kappa shape index (κ2) is 28.1. The highest BCUT2D eigenvalue weighted by Gasteiger charge is 2.26. The number of hydrogen-bond acceptors (Lipinski definition) is 8. The summed E-state index contributed by atoms with van der Waals surface area (Å²) in [5.41, 5.74) is 5.32. The van der Waals surface area contributed by atoms with E-state index in [1.165, 1.54) is 103 Å². The number of phosphoric ester groups is 1. The van der Waals surface area contributed by atoms with Crippen LogP contribution < -0.4 is 5.73 Å². The average Bonchev–Trinajstić information content (AvgIpc) is 2.97. The molecule has 1 unspecified atom stereocenters. The number of nitrogens with two attached hydrogens (primary N) is 1. The molecule has 0 heterocycles. The lowest BCUT2D eigenvalue weighted by atomic mass is 9.81. The minimum atomic E-state index is -4.36. The number of carbonyl (C=O) groups is 2. The monoisotopic (exact) mass is 661 g/mol. The minimum absolute atomic E-state index is 0.0582. The SMILES string of the molecule is CC(C)CCCCCCCCCCCC(=O)O[C@@H](COC(=O)CCCCCCCCCCC1CCC1)COP(=O)(O)OCCN. The van der Waals surface area contributed by atoms with Gasteiger partial charge >= 0.3 is 19.8 Å². The van der Waals surface area contributed by atoms with Gasteiger partial charge in [0.05, 0.1) is 13.2 Å². The van der Waals surface area contributed by atoms with Gasteiger partial charge in [-0.1, -0.05) is 142 Å². The van der Waals surface area contributed by atoms with E-state index < -0.39 is 26.5 Å². The minimum Gasteiger partial charge on any atom is -0.462 e. The lowest BCUT2D eigenvalue weighted by Gasteiger charge is -2.24. The fourth-order valence-electron chi connectivity index (χ4n) is 5.61. The molecule has 1 fully saturated rings. The fourth-order valence-corrected chi connectivity index (χ4v) is 6.37. The molecule has 0 bridgehead atoms. The molecule has 1 aliphatic carbocycles.